The minimum Gasteiger partial charge on any atom is -0.430 e. The Hall–Kier alpha value is -2.48. The van der Waals surface area contributed by atoms with Crippen LogP contribution in [0.1, 0.15) is 68.9 Å². The zero-order valence-electron chi connectivity index (χ0n) is 22.8. The van der Waals surface area contributed by atoms with Gasteiger partial charge in [0.1, 0.15) is 17.0 Å². The van der Waals surface area contributed by atoms with Gasteiger partial charge >= 0.3 is 6.09 Å². The van der Waals surface area contributed by atoms with E-state index < -0.39 is 54.0 Å². The summed E-state index contributed by atoms with van der Waals surface area (Å²) in [5, 5.41) is 35.4. The molecule has 2 aromatic rings. The molecule has 0 spiro atoms. The van der Waals surface area contributed by atoms with E-state index in [0.29, 0.717) is 6.42 Å². The van der Waals surface area contributed by atoms with Crippen LogP contribution < -0.4 is 10.6 Å². The van der Waals surface area contributed by atoms with Gasteiger partial charge in [0.2, 0.25) is 0 Å². The lowest BCUT2D eigenvalue weighted by molar-refractivity contribution is 0.0677. The van der Waals surface area contributed by atoms with Gasteiger partial charge in [-0.15, -0.1) is 0 Å². The van der Waals surface area contributed by atoms with E-state index >= 15 is 8.78 Å². The molecule has 0 radical (unpaired) electrons. The molecule has 1 saturated carbocycles. The molecule has 4 rings (SSSR count). The number of nitriles is 1. The summed E-state index contributed by atoms with van der Waals surface area (Å²) in [6, 6.07) is 10.0. The second-order valence-electron chi connectivity index (χ2n) is 11.4. The van der Waals surface area contributed by atoms with Crippen LogP contribution in [-0.4, -0.2) is 47.8 Å². The number of rotatable bonds is 9. The number of alkyl carbamates (subject to hydrolysis) is 1. The van der Waals surface area contributed by atoms with Gasteiger partial charge in [-0.25, -0.2) is 13.6 Å². The Morgan fingerprint density at radius 2 is 1.98 bits per heavy atom. The highest BCUT2D eigenvalue weighted by Gasteiger charge is 2.61. The van der Waals surface area contributed by atoms with Crippen LogP contribution in [-0.2, 0) is 10.2 Å². The molecule has 1 heterocycles. The Morgan fingerprint density at radius 1 is 1.24 bits per heavy atom. The van der Waals surface area contributed by atoms with Crippen molar-refractivity contribution in [3.63, 3.8) is 0 Å². The van der Waals surface area contributed by atoms with E-state index in [1.165, 1.54) is 30.3 Å². The summed E-state index contributed by atoms with van der Waals surface area (Å²) in [4.78, 5) is 12.9. The highest BCUT2D eigenvalue weighted by Crippen LogP contribution is 2.54. The molecule has 5 atom stereocenters. The third kappa shape index (κ3) is 6.63. The fraction of sp³-hybridized carbons (Fsp3) is 0.533. The molecule has 1 aliphatic carbocycles. The molecule has 2 aromatic carbocycles. The monoisotopic (exact) mass is 609 g/mol. The third-order valence-corrected chi connectivity index (χ3v) is 9.06. The van der Waals surface area contributed by atoms with Crippen molar-refractivity contribution in [1.29, 1.82) is 5.26 Å². The molecular formula is C30H35Cl2F2N3O4. The molecule has 1 saturated heterocycles. The van der Waals surface area contributed by atoms with E-state index in [-0.39, 0.29) is 39.6 Å². The minimum absolute atomic E-state index is 0.000177. The van der Waals surface area contributed by atoms with Gasteiger partial charge in [-0.2, -0.15) is 5.26 Å². The lowest BCUT2D eigenvalue weighted by atomic mass is 9.61. The maximum absolute atomic E-state index is 15.8. The summed E-state index contributed by atoms with van der Waals surface area (Å²) >= 11 is 12.2. The van der Waals surface area contributed by atoms with Crippen LogP contribution in [0.25, 0.3) is 0 Å². The number of ether oxygens (including phenoxy) is 1. The summed E-state index contributed by atoms with van der Waals surface area (Å²) in [6.45, 7) is 1.67. The first-order chi connectivity index (χ1) is 19.5. The maximum Gasteiger partial charge on any atom is 0.408 e. The van der Waals surface area contributed by atoms with Crippen LogP contribution in [0, 0.1) is 28.4 Å². The van der Waals surface area contributed by atoms with Gasteiger partial charge in [0.25, 0.3) is 0 Å². The Balaban J connectivity index is 1.83. The maximum atomic E-state index is 15.8. The number of carbonyl (C=O) groups excluding carboxylic acids is 1. The van der Waals surface area contributed by atoms with Crippen LogP contribution in [0.15, 0.2) is 36.4 Å². The number of amides is 1. The van der Waals surface area contributed by atoms with Crippen molar-refractivity contribution in [2.75, 3.05) is 13.2 Å². The zero-order chi connectivity index (χ0) is 29.8. The van der Waals surface area contributed by atoms with Crippen molar-refractivity contribution < 1.29 is 28.5 Å². The van der Waals surface area contributed by atoms with Gasteiger partial charge in [0, 0.05) is 23.2 Å². The largest absolute Gasteiger partial charge is 0.430 e. The van der Waals surface area contributed by atoms with Gasteiger partial charge in [-0.05, 0) is 54.9 Å². The molecule has 0 unspecified atom stereocenters. The molecule has 0 bridgehead atoms. The number of nitrogens with zero attached hydrogens (tertiary/aromatic N) is 1. The Kier molecular flexibility index (Phi) is 10.1. The first-order valence-corrected chi connectivity index (χ1v) is 14.6. The Morgan fingerprint density at radius 3 is 2.63 bits per heavy atom. The minimum atomic E-state index is -1.71. The molecule has 7 nitrogen and oxygen atoms in total. The van der Waals surface area contributed by atoms with Crippen molar-refractivity contribution in [2.24, 2.45) is 5.41 Å². The normalized spacial score (nSPS) is 26.2. The van der Waals surface area contributed by atoms with Crippen LogP contribution in [0.2, 0.25) is 10.0 Å². The Bertz CT molecular complexity index is 1290. The number of halogens is 4. The smallest absolute Gasteiger partial charge is 0.408 e. The fourth-order valence-corrected chi connectivity index (χ4v) is 6.79. The second-order valence-corrected chi connectivity index (χ2v) is 12.2. The van der Waals surface area contributed by atoms with Crippen LogP contribution in [0.3, 0.4) is 0 Å². The number of hydrogen-bond donors (Lipinski definition) is 4. The SMILES string of the molecule is CC1(C[C@@H]2N[C@H](OC(=O)NCC[C@H](O)CO)[C@H](c3cccc(Cl)c3F)[C@@]2(C#N)c2ccc(Cl)cc2F)CCCCC1. The number of hydrogen-bond acceptors (Lipinski definition) is 6. The van der Waals surface area contributed by atoms with Crippen LogP contribution in [0.5, 0.6) is 0 Å². The van der Waals surface area contributed by atoms with Crippen molar-refractivity contribution in [3.8, 4) is 6.07 Å². The van der Waals surface area contributed by atoms with Gasteiger partial charge in [-0.3, -0.25) is 5.32 Å². The predicted octanol–water partition coefficient (Wildman–Crippen LogP) is 5.94. The van der Waals surface area contributed by atoms with Gasteiger partial charge in [0.15, 0.2) is 6.23 Å². The van der Waals surface area contributed by atoms with Gasteiger partial charge in [-0.1, -0.05) is 67.6 Å². The molecule has 1 amide bonds. The van der Waals surface area contributed by atoms with E-state index in [9.17, 15) is 15.2 Å². The van der Waals surface area contributed by atoms with Gasteiger partial charge < -0.3 is 20.3 Å². The van der Waals surface area contributed by atoms with E-state index in [4.69, 9.17) is 33.0 Å². The molecule has 41 heavy (non-hydrogen) atoms. The lowest BCUT2D eigenvalue weighted by Gasteiger charge is -2.41. The quantitative estimate of drug-likeness (QED) is 0.279. The van der Waals surface area contributed by atoms with Crippen LogP contribution in [0.4, 0.5) is 13.6 Å². The molecule has 0 aromatic heterocycles. The standard InChI is InChI=1S/C30H35Cl2F2N3O4/c1-29(11-3-2-4-12-29)15-24-30(17-35,21-9-8-18(31)14-23(21)33)25(20-6-5-7-22(32)26(20)34)27(37-24)41-28(40)36-13-10-19(39)16-38/h5-9,14,19,24-25,27,37-39H,2-4,10-13,15-16H2,1H3,(H,36,40)/t19-,24-,25-,27+,30-/m0/s1. The number of benzene rings is 2. The first-order valence-electron chi connectivity index (χ1n) is 13.8. The summed E-state index contributed by atoms with van der Waals surface area (Å²) in [5.74, 6) is -2.71. The molecule has 1 aliphatic heterocycles. The van der Waals surface area contributed by atoms with E-state index in [2.05, 4.69) is 23.6 Å². The van der Waals surface area contributed by atoms with E-state index in [0.717, 1.165) is 38.2 Å². The summed E-state index contributed by atoms with van der Waals surface area (Å²) in [7, 11) is 0. The molecule has 11 heteroatoms. The fourth-order valence-electron chi connectivity index (χ4n) is 6.45. The number of aliphatic hydroxyl groups is 2. The van der Waals surface area contributed by atoms with Crippen LogP contribution >= 0.6 is 23.2 Å². The molecule has 4 N–H and O–H groups in total. The lowest BCUT2D eigenvalue weighted by Crippen LogP contribution is -2.46. The molecule has 222 valence electrons. The van der Waals surface area contributed by atoms with Crippen molar-refractivity contribution in [1.82, 2.24) is 10.6 Å². The third-order valence-electron chi connectivity index (χ3n) is 8.54. The summed E-state index contributed by atoms with van der Waals surface area (Å²) in [6.07, 6.45) is 2.35. The summed E-state index contributed by atoms with van der Waals surface area (Å²) in [5.41, 5.74) is -1.87. The first kappa shape index (κ1) is 31.5. The topological polar surface area (TPSA) is 115 Å². The number of carbonyl (C=O) groups is 1. The van der Waals surface area contributed by atoms with Gasteiger partial charge in [0.05, 0.1) is 29.7 Å². The molecule has 2 fully saturated rings. The van der Waals surface area contributed by atoms with E-state index in [1.807, 2.05) is 0 Å². The van der Waals surface area contributed by atoms with Crippen molar-refractivity contribution in [2.45, 2.75) is 81.6 Å². The summed E-state index contributed by atoms with van der Waals surface area (Å²) < 4.78 is 37.3. The predicted molar refractivity (Wildman–Crippen MR) is 152 cm³/mol. The highest BCUT2D eigenvalue weighted by molar-refractivity contribution is 6.31. The Labute approximate surface area is 248 Å². The average molecular weight is 611 g/mol. The molecular weight excluding hydrogens is 575 g/mol. The number of nitrogens with one attached hydrogen (secondary N) is 2. The zero-order valence-corrected chi connectivity index (χ0v) is 24.3. The molecule has 2 aliphatic rings. The van der Waals surface area contributed by atoms with Crippen molar-refractivity contribution >= 4 is 29.3 Å². The highest BCUT2D eigenvalue weighted by atomic mass is 35.5. The van der Waals surface area contributed by atoms with E-state index in [1.54, 1.807) is 0 Å². The van der Waals surface area contributed by atoms with Crippen molar-refractivity contribution in [3.05, 3.63) is 69.2 Å². The second kappa shape index (κ2) is 13.2. The number of aliphatic hydroxyl groups excluding tert-OH is 2. The average Bonchev–Trinajstić information content (AvgIpc) is 3.22.